The average molecular weight is 240 g/mol. The molecule has 1 saturated carbocycles. The number of rotatable bonds is 0. The van der Waals surface area contributed by atoms with E-state index in [1.807, 2.05) is 6.07 Å². The lowest BCUT2D eigenvalue weighted by atomic mass is 9.73. The van der Waals surface area contributed by atoms with Crippen LogP contribution in [0.4, 0.5) is 0 Å². The van der Waals surface area contributed by atoms with E-state index in [2.05, 4.69) is 12.2 Å². The van der Waals surface area contributed by atoms with Crippen molar-refractivity contribution < 1.29 is 4.42 Å². The van der Waals surface area contributed by atoms with Gasteiger partial charge in [0.15, 0.2) is 5.22 Å². The molecule has 3 heteroatoms. The molecule has 0 bridgehead atoms. The Hall–Kier alpha value is -0.470. The third kappa shape index (κ3) is 1.59. The van der Waals surface area contributed by atoms with Crippen molar-refractivity contribution in [3.05, 3.63) is 22.6 Å². The SMILES string of the molecule is CC1Cc2oc(Cl)cc2C2(CCCCC2)N1. The first-order valence-corrected chi connectivity index (χ1v) is 6.64. The minimum Gasteiger partial charge on any atom is -0.449 e. The predicted octanol–water partition coefficient (Wildman–Crippen LogP) is 3.63. The Labute approximate surface area is 101 Å². The van der Waals surface area contributed by atoms with Gasteiger partial charge in [-0.15, -0.1) is 0 Å². The van der Waals surface area contributed by atoms with Crippen LogP contribution >= 0.6 is 11.6 Å². The molecule has 1 fully saturated rings. The minimum absolute atomic E-state index is 0.155. The molecule has 1 spiro atoms. The van der Waals surface area contributed by atoms with Crippen LogP contribution in [0.2, 0.25) is 5.22 Å². The van der Waals surface area contributed by atoms with Gasteiger partial charge in [0.05, 0.1) is 0 Å². The van der Waals surface area contributed by atoms with Gasteiger partial charge in [-0.05, 0) is 31.4 Å². The largest absolute Gasteiger partial charge is 0.449 e. The molecular formula is C13H18ClNO. The van der Waals surface area contributed by atoms with Crippen molar-refractivity contribution in [1.29, 1.82) is 0 Å². The van der Waals surface area contributed by atoms with Crippen molar-refractivity contribution >= 4 is 11.6 Å². The summed E-state index contributed by atoms with van der Waals surface area (Å²) in [5.41, 5.74) is 1.48. The summed E-state index contributed by atoms with van der Waals surface area (Å²) >= 11 is 6.01. The fourth-order valence-electron chi connectivity index (χ4n) is 3.40. The summed E-state index contributed by atoms with van der Waals surface area (Å²) in [6.07, 6.45) is 7.38. The molecule has 1 aromatic heterocycles. The Morgan fingerprint density at radius 1 is 1.38 bits per heavy atom. The quantitative estimate of drug-likeness (QED) is 0.748. The van der Waals surface area contributed by atoms with Crippen molar-refractivity contribution in [3.63, 3.8) is 0 Å². The van der Waals surface area contributed by atoms with Gasteiger partial charge in [0.25, 0.3) is 0 Å². The topological polar surface area (TPSA) is 25.2 Å². The Bertz CT molecular complexity index is 393. The highest BCUT2D eigenvalue weighted by molar-refractivity contribution is 6.29. The van der Waals surface area contributed by atoms with E-state index >= 15 is 0 Å². The summed E-state index contributed by atoms with van der Waals surface area (Å²) in [6, 6.07) is 2.52. The number of halogens is 1. The Balaban J connectivity index is 2.04. The molecule has 1 atom stereocenters. The molecule has 2 nitrogen and oxygen atoms in total. The molecule has 1 aliphatic heterocycles. The number of hydrogen-bond acceptors (Lipinski definition) is 2. The van der Waals surface area contributed by atoms with Gasteiger partial charge in [-0.2, -0.15) is 0 Å². The maximum Gasteiger partial charge on any atom is 0.193 e. The lowest BCUT2D eigenvalue weighted by Crippen LogP contribution is -2.52. The van der Waals surface area contributed by atoms with E-state index < -0.39 is 0 Å². The van der Waals surface area contributed by atoms with Crippen LogP contribution in [-0.2, 0) is 12.0 Å². The van der Waals surface area contributed by atoms with Gasteiger partial charge in [-0.25, -0.2) is 0 Å². The highest BCUT2D eigenvalue weighted by Crippen LogP contribution is 2.43. The first-order valence-electron chi connectivity index (χ1n) is 6.26. The first-order chi connectivity index (χ1) is 7.70. The van der Waals surface area contributed by atoms with Crippen LogP contribution in [0.15, 0.2) is 10.5 Å². The van der Waals surface area contributed by atoms with Crippen molar-refractivity contribution in [2.45, 2.75) is 57.0 Å². The molecule has 1 unspecified atom stereocenters. The van der Waals surface area contributed by atoms with Crippen molar-refractivity contribution in [1.82, 2.24) is 5.32 Å². The van der Waals surface area contributed by atoms with Crippen LogP contribution in [0.3, 0.4) is 0 Å². The first kappa shape index (κ1) is 10.7. The van der Waals surface area contributed by atoms with Crippen molar-refractivity contribution in [3.8, 4) is 0 Å². The standard InChI is InChI=1S/C13H18ClNO/c1-9-7-11-10(8-12(14)16-11)13(15-9)5-3-2-4-6-13/h8-9,15H,2-7H2,1H3. The van der Waals surface area contributed by atoms with Gasteiger partial charge in [0, 0.05) is 29.6 Å². The van der Waals surface area contributed by atoms with E-state index in [1.54, 1.807) is 0 Å². The summed E-state index contributed by atoms with van der Waals surface area (Å²) in [5, 5.41) is 4.33. The summed E-state index contributed by atoms with van der Waals surface area (Å²) < 4.78 is 5.63. The van der Waals surface area contributed by atoms with Gasteiger partial charge in [0.1, 0.15) is 5.76 Å². The highest BCUT2D eigenvalue weighted by atomic mass is 35.5. The van der Waals surface area contributed by atoms with E-state index in [1.165, 1.54) is 37.7 Å². The van der Waals surface area contributed by atoms with E-state index in [9.17, 15) is 0 Å². The van der Waals surface area contributed by atoms with Gasteiger partial charge in [-0.1, -0.05) is 19.3 Å². The molecule has 0 radical (unpaired) electrons. The normalized spacial score (nSPS) is 28.0. The highest BCUT2D eigenvalue weighted by Gasteiger charge is 2.41. The van der Waals surface area contributed by atoms with Crippen molar-refractivity contribution in [2.75, 3.05) is 0 Å². The number of hydrogen-bond donors (Lipinski definition) is 1. The molecule has 1 N–H and O–H groups in total. The zero-order valence-electron chi connectivity index (χ0n) is 9.68. The molecule has 88 valence electrons. The summed E-state index contributed by atoms with van der Waals surface area (Å²) in [7, 11) is 0. The van der Waals surface area contributed by atoms with Crippen LogP contribution < -0.4 is 5.32 Å². The minimum atomic E-state index is 0.155. The van der Waals surface area contributed by atoms with Gasteiger partial charge in [-0.3, -0.25) is 0 Å². The molecular weight excluding hydrogens is 222 g/mol. The molecule has 0 saturated heterocycles. The maximum absolute atomic E-state index is 6.01. The second-order valence-corrected chi connectivity index (χ2v) is 5.65. The molecule has 2 heterocycles. The van der Waals surface area contributed by atoms with E-state index in [-0.39, 0.29) is 5.54 Å². The van der Waals surface area contributed by atoms with Crippen LogP contribution in [-0.4, -0.2) is 6.04 Å². The Morgan fingerprint density at radius 2 is 2.12 bits per heavy atom. The monoisotopic (exact) mass is 239 g/mol. The zero-order valence-corrected chi connectivity index (χ0v) is 10.4. The second-order valence-electron chi connectivity index (χ2n) is 5.28. The lowest BCUT2D eigenvalue weighted by Gasteiger charge is -2.43. The predicted molar refractivity (Wildman–Crippen MR) is 64.8 cm³/mol. The number of nitrogens with one attached hydrogen (secondary N) is 1. The fraction of sp³-hybridized carbons (Fsp3) is 0.692. The van der Waals surface area contributed by atoms with Gasteiger partial charge >= 0.3 is 0 Å². The van der Waals surface area contributed by atoms with Crippen molar-refractivity contribution in [2.24, 2.45) is 0 Å². The number of fused-ring (bicyclic) bond motifs is 2. The van der Waals surface area contributed by atoms with Crippen LogP contribution in [0.25, 0.3) is 0 Å². The van der Waals surface area contributed by atoms with Crippen LogP contribution in [0, 0.1) is 0 Å². The van der Waals surface area contributed by atoms with Gasteiger partial charge in [0.2, 0.25) is 0 Å². The molecule has 3 rings (SSSR count). The average Bonchev–Trinajstić information content (AvgIpc) is 2.60. The van der Waals surface area contributed by atoms with Gasteiger partial charge < -0.3 is 9.73 Å². The molecule has 1 aliphatic carbocycles. The van der Waals surface area contributed by atoms with E-state index in [4.69, 9.17) is 16.0 Å². The molecule has 0 aromatic carbocycles. The third-order valence-corrected chi connectivity index (χ3v) is 4.20. The van der Waals surface area contributed by atoms with Crippen LogP contribution in [0.5, 0.6) is 0 Å². The summed E-state index contributed by atoms with van der Waals surface area (Å²) in [6.45, 7) is 2.23. The maximum atomic E-state index is 6.01. The fourth-order valence-corrected chi connectivity index (χ4v) is 3.60. The van der Waals surface area contributed by atoms with E-state index in [0.717, 1.165) is 12.2 Å². The lowest BCUT2D eigenvalue weighted by molar-refractivity contribution is 0.188. The van der Waals surface area contributed by atoms with E-state index in [0.29, 0.717) is 11.3 Å². The number of furan rings is 1. The molecule has 2 aliphatic rings. The molecule has 0 amide bonds. The third-order valence-electron chi connectivity index (χ3n) is 4.02. The molecule has 1 aromatic rings. The molecule has 16 heavy (non-hydrogen) atoms. The second kappa shape index (κ2) is 3.78. The smallest absolute Gasteiger partial charge is 0.193 e. The summed E-state index contributed by atoms with van der Waals surface area (Å²) in [5.74, 6) is 1.11. The Morgan fingerprint density at radius 3 is 2.88 bits per heavy atom. The summed E-state index contributed by atoms with van der Waals surface area (Å²) in [4.78, 5) is 0. The zero-order chi connectivity index (χ0) is 11.2. The Kier molecular flexibility index (Phi) is 2.52. The van der Waals surface area contributed by atoms with Crippen LogP contribution in [0.1, 0.15) is 50.4 Å².